The Balaban J connectivity index is 1.33. The molecule has 0 spiro atoms. The molecule has 7 saturated heterocycles. The lowest BCUT2D eigenvalue weighted by atomic mass is 9.78. The molecule has 7 fully saturated rings. The van der Waals surface area contributed by atoms with Crippen molar-refractivity contribution in [1.82, 2.24) is 0 Å². The highest BCUT2D eigenvalue weighted by Crippen LogP contribution is 2.48. The Morgan fingerprint density at radius 1 is 0.506 bits per heavy atom. The van der Waals surface area contributed by atoms with Crippen molar-refractivity contribution in [2.24, 2.45) is 41.4 Å². The second kappa shape index (κ2) is 25.5. The number of hydrogen-bond acceptors (Lipinski definition) is 34. The molecule has 7 aliphatic heterocycles. The van der Waals surface area contributed by atoms with Gasteiger partial charge in [0.05, 0.1) is 49.7 Å². The average molecular weight is 1250 g/mol. The van der Waals surface area contributed by atoms with Gasteiger partial charge in [0.25, 0.3) is 0 Å². The van der Waals surface area contributed by atoms with Crippen LogP contribution in [0.1, 0.15) is 68.7 Å². The fourth-order valence-corrected chi connectivity index (χ4v) is 12.9. The second-order valence-corrected chi connectivity index (χ2v) is 25.3. The van der Waals surface area contributed by atoms with Gasteiger partial charge in [-0.15, -0.1) is 0 Å². The van der Waals surface area contributed by atoms with E-state index >= 15 is 0 Å². The van der Waals surface area contributed by atoms with Crippen LogP contribution in [0, 0.1) is 41.4 Å². The van der Waals surface area contributed by atoms with Crippen LogP contribution in [0.2, 0.25) is 0 Å². The molecule has 7 rings (SSSR count). The molecule has 0 aromatic heterocycles. The number of rotatable bonds is 24. The summed E-state index contributed by atoms with van der Waals surface area (Å²) in [7, 11) is -28.6. The fraction of sp³-hybridized carbons (Fsp3) is 0.975. The van der Waals surface area contributed by atoms with Gasteiger partial charge in [-0.3, -0.25) is 20.9 Å². The van der Waals surface area contributed by atoms with E-state index in [1.165, 1.54) is 34.6 Å². The van der Waals surface area contributed by atoms with Gasteiger partial charge in [-0.2, -0.15) is 0 Å². The van der Waals surface area contributed by atoms with Gasteiger partial charge in [-0.25, -0.2) is 42.1 Å². The molecule has 7 heterocycles. The van der Waals surface area contributed by atoms with Crippen molar-refractivity contribution >= 4 is 58.0 Å². The molecule has 34 nitrogen and oxygen atoms in total. The van der Waals surface area contributed by atoms with Crippen LogP contribution >= 0.6 is 0 Å². The molecule has 0 aromatic carbocycles. The lowest BCUT2D eigenvalue weighted by Gasteiger charge is -2.58. The minimum Gasteiger partial charge on any atom is -0.834 e. The molecule has 2 bridgehead atoms. The lowest BCUT2D eigenvalue weighted by molar-refractivity contribution is -0.526. The van der Waals surface area contributed by atoms with Crippen LogP contribution in [0.4, 0.5) is 0 Å². The van der Waals surface area contributed by atoms with Crippen molar-refractivity contribution in [2.75, 3.05) is 26.6 Å². The van der Waals surface area contributed by atoms with Crippen LogP contribution in [0.5, 0.6) is 0 Å². The van der Waals surface area contributed by atoms with E-state index in [4.69, 9.17) is 64.7 Å². The fourth-order valence-electron chi connectivity index (χ4n) is 10.7. The molecule has 0 aromatic rings. The Labute approximate surface area is 456 Å². The third kappa shape index (κ3) is 16.4. The summed E-state index contributed by atoms with van der Waals surface area (Å²) in [6.07, 6.45) is -30.3. The van der Waals surface area contributed by atoms with E-state index in [0.29, 0.717) is 0 Å². The van der Waals surface area contributed by atoms with E-state index in [1.807, 2.05) is 0 Å². The molecule has 0 aliphatic carbocycles. The first-order valence-corrected chi connectivity index (χ1v) is 31.0. The lowest BCUT2D eigenvalue weighted by Crippen LogP contribution is -2.73. The largest absolute Gasteiger partial charge is 0.834 e. The maximum Gasteiger partial charge on any atom is 0.220 e. The minimum atomic E-state index is -6.18. The van der Waals surface area contributed by atoms with Crippen molar-refractivity contribution in [2.45, 2.75) is 179 Å². The molecule has 462 valence electrons. The highest BCUT2D eigenvalue weighted by molar-refractivity contribution is 7.81. The zero-order valence-corrected chi connectivity index (χ0v) is 47.4. The highest BCUT2D eigenvalue weighted by Gasteiger charge is 2.64. The molecule has 0 saturated carbocycles. The van der Waals surface area contributed by atoms with Crippen molar-refractivity contribution in [3.8, 4) is 0 Å². The van der Waals surface area contributed by atoms with Gasteiger partial charge in [-0.1, -0.05) is 55.4 Å². The van der Waals surface area contributed by atoms with Crippen LogP contribution in [0.25, 0.3) is 0 Å². The van der Waals surface area contributed by atoms with Crippen molar-refractivity contribution in [3.63, 3.8) is 0 Å². The third-order valence-corrected chi connectivity index (χ3v) is 17.4. The first-order valence-electron chi connectivity index (χ1n) is 24.4. The summed E-state index contributed by atoms with van der Waals surface area (Å²) in [4.78, 5) is 12.9. The number of aliphatic carboxylic acids is 1. The molecule has 0 N–H and O–H groups in total. The van der Waals surface area contributed by atoms with E-state index in [9.17, 15) is 79.9 Å². The summed E-state index contributed by atoms with van der Waals surface area (Å²) < 4.78 is 269. The Bertz CT molecular complexity index is 2660. The van der Waals surface area contributed by atoms with Gasteiger partial charge >= 0.3 is 0 Å². The first-order chi connectivity index (χ1) is 36.3. The summed E-state index contributed by atoms with van der Waals surface area (Å²) >= 11 is 0. The molecule has 7 aliphatic rings. The van der Waals surface area contributed by atoms with Crippen molar-refractivity contribution < 1.29 is 153 Å². The predicted molar refractivity (Wildman–Crippen MR) is 238 cm³/mol. The highest BCUT2D eigenvalue weighted by atomic mass is 32.3. The zero-order chi connectivity index (χ0) is 59.3. The molecule has 11 unspecified atom stereocenters. The molecule has 0 radical (unpaired) electrons. The number of ether oxygens (including phenoxy) is 11. The Morgan fingerprint density at radius 3 is 1.56 bits per heavy atom. The van der Waals surface area contributed by atoms with Crippen molar-refractivity contribution in [3.05, 3.63) is 0 Å². The van der Waals surface area contributed by atoms with E-state index in [2.05, 4.69) is 8.37 Å². The Kier molecular flexibility index (Phi) is 21.5. The van der Waals surface area contributed by atoms with Gasteiger partial charge < -0.3 is 89.9 Å². The summed E-state index contributed by atoms with van der Waals surface area (Å²) in [6, 6.07) is 0. The molecular formula is C40H61O34S5-7. The Hall–Kier alpha value is -1.66. The van der Waals surface area contributed by atoms with Crippen LogP contribution < -0.4 is 10.2 Å². The van der Waals surface area contributed by atoms with Gasteiger partial charge in [0.2, 0.25) is 57.8 Å². The smallest absolute Gasteiger partial charge is 0.220 e. The number of fused-ring (bicyclic) bond motifs is 3. The minimum absolute atomic E-state index is 0.235. The van der Waals surface area contributed by atoms with Gasteiger partial charge in [0.15, 0.2) is 31.3 Å². The van der Waals surface area contributed by atoms with Crippen LogP contribution in [0.3, 0.4) is 0 Å². The SMILES string of the molecule is CC[C@@H]1O[C@H](C)C(OS(=O)(=O)[O-])C(C)[C@@H]1O[C@@H]1OC2(OC[O-])CO[C@@H]1[C@@H](C)C2O[C@@H]1OC(COS(=O)(=O)[O-])C(O[C@@H]2O[C@@H](C(=O)[O-])[C@@H](O[C@H]3O[C@@H](COS(=O)(=O)[O-])[C@@H](C)C(C)C3C)C(C)C2C)[C@H](OS(=O)(=O)[O-])C1OS(=O)(=O)[O-]. The van der Waals surface area contributed by atoms with E-state index in [-0.39, 0.29) is 12.3 Å². The topological polar surface area (TPSA) is 497 Å². The summed E-state index contributed by atoms with van der Waals surface area (Å²) in [5.41, 5.74) is 0. The van der Waals surface area contributed by atoms with E-state index in [0.717, 1.165) is 0 Å². The maximum absolute atomic E-state index is 12.9. The van der Waals surface area contributed by atoms with Gasteiger partial charge in [0.1, 0.15) is 49.3 Å². The van der Waals surface area contributed by atoms with Crippen LogP contribution in [-0.4, -0.2) is 208 Å². The molecule has 79 heavy (non-hydrogen) atoms. The predicted octanol–water partition coefficient (Wildman–Crippen LogP) is -4.62. The number of carboxylic acids is 1. The average Bonchev–Trinajstić information content (AvgIpc) is 3.48. The second-order valence-electron chi connectivity index (χ2n) is 20.1. The zero-order valence-electron chi connectivity index (χ0n) is 43.3. The number of carbonyl (C=O) groups is 1. The molecule has 25 atom stereocenters. The number of carboxylic acid groups (broad SMARTS) is 1. The number of hydrogen-bond donors (Lipinski definition) is 0. The summed E-state index contributed by atoms with van der Waals surface area (Å²) in [5, 5.41) is 25.2. The van der Waals surface area contributed by atoms with Crippen LogP contribution in [0.15, 0.2) is 0 Å². The normalized spacial score (nSPS) is 43.6. The monoisotopic (exact) mass is 1250 g/mol. The van der Waals surface area contributed by atoms with E-state index < -0.39 is 230 Å². The van der Waals surface area contributed by atoms with Gasteiger partial charge in [0, 0.05) is 23.7 Å². The molecule has 0 amide bonds. The Morgan fingerprint density at radius 2 is 1.01 bits per heavy atom. The summed E-state index contributed by atoms with van der Waals surface area (Å²) in [5.74, 6) is -10.3. The molecule has 39 heteroatoms. The maximum atomic E-state index is 12.9. The van der Waals surface area contributed by atoms with Crippen molar-refractivity contribution in [1.29, 1.82) is 0 Å². The summed E-state index contributed by atoms with van der Waals surface area (Å²) in [6.45, 7) is 9.28. The van der Waals surface area contributed by atoms with Gasteiger partial charge in [-0.05, 0) is 37.9 Å². The quantitative estimate of drug-likeness (QED) is 0.0498. The number of carbonyl (C=O) groups excluding carboxylic acids is 1. The first kappa shape index (κ1) is 66.5. The molecular weight excluding hydrogens is 1180 g/mol. The van der Waals surface area contributed by atoms with Crippen LogP contribution in [-0.2, 0) is 130 Å². The third-order valence-electron chi connectivity index (χ3n) is 15.2. The van der Waals surface area contributed by atoms with E-state index in [1.54, 1.807) is 27.7 Å². The standard InChI is InChI=1S/C40H67O34S5/c1-10-23-27(20(7)26(22(9)63-23)72-77(50,51)52)66-39-29-21(8)34(40(71-39,13-59-29)60-14-41)70-38-33(74-79(56,57)58)31(73-78(53,54)55)30(25(65-38)12-62-76(47,48)49)68-37-19(6)17(4)28(32(69-37)35(42)43)67-36-18(5)15(2)16(3)24(64-36)11-61-75(44,45)46/h15-34,36-39H,10-14H2,1-9H3,(H,42,43)(H,44,45,46)(H,47,48,49)(H,50,51,52)(H,53,54,55)(H,56,57,58)/q-1/p-6/t15?,16-,17?,18?,19?,20?,21+,22+,23-,24-,25?,26?,27-,28-,29+,30?,31-,32+,33?,34?,36+,37+,38-,39+,40?/m0/s1.